The van der Waals surface area contributed by atoms with Crippen molar-refractivity contribution in [3.63, 3.8) is 0 Å². The van der Waals surface area contributed by atoms with Gasteiger partial charge in [0.2, 0.25) is 5.65 Å². The minimum atomic E-state index is 0.335. The minimum absolute atomic E-state index is 0.335. The molecule has 2 aromatic heterocycles. The molecule has 6 nitrogen and oxygen atoms in total. The molecule has 0 radical (unpaired) electrons. The summed E-state index contributed by atoms with van der Waals surface area (Å²) in [5.41, 5.74) is 2.68. The third-order valence-electron chi connectivity index (χ3n) is 4.31. The molecule has 2 aromatic rings. The fraction of sp³-hybridized carbons (Fsp3) is 0.692. The molecular weight excluding hydrogens is 276 g/mol. The van der Waals surface area contributed by atoms with E-state index in [0.29, 0.717) is 17.1 Å². The Morgan fingerprint density at radius 3 is 2.75 bits per heavy atom. The van der Waals surface area contributed by atoms with E-state index < -0.39 is 0 Å². The first kappa shape index (κ1) is 12.5. The van der Waals surface area contributed by atoms with Crippen LogP contribution >= 0.6 is 11.6 Å². The number of rotatable bonds is 2. The van der Waals surface area contributed by atoms with Crippen LogP contribution in [-0.2, 0) is 0 Å². The molecule has 0 spiro atoms. The number of piperidine rings is 1. The van der Waals surface area contributed by atoms with Crippen LogP contribution in [0, 0.1) is 0 Å². The van der Waals surface area contributed by atoms with Gasteiger partial charge in [-0.15, -0.1) is 15.3 Å². The number of hydrogen-bond acceptors (Lipinski definition) is 5. The van der Waals surface area contributed by atoms with E-state index >= 15 is 0 Å². The van der Waals surface area contributed by atoms with Crippen LogP contribution in [0.15, 0.2) is 0 Å². The lowest BCUT2D eigenvalue weighted by molar-refractivity contribution is 0.203. The predicted molar refractivity (Wildman–Crippen MR) is 75.9 cm³/mol. The van der Waals surface area contributed by atoms with Gasteiger partial charge in [0.1, 0.15) is 5.52 Å². The third kappa shape index (κ3) is 1.98. The lowest BCUT2D eigenvalue weighted by Crippen LogP contribution is -2.34. The van der Waals surface area contributed by atoms with Gasteiger partial charge in [0.15, 0.2) is 5.15 Å². The van der Waals surface area contributed by atoms with E-state index in [-0.39, 0.29) is 0 Å². The van der Waals surface area contributed by atoms with Gasteiger partial charge >= 0.3 is 0 Å². The number of halogens is 1. The topological polar surface area (TPSA) is 59.7 Å². The smallest absolute Gasteiger partial charge is 0.201 e. The third-order valence-corrected chi connectivity index (χ3v) is 4.59. The van der Waals surface area contributed by atoms with E-state index in [1.54, 1.807) is 0 Å². The second kappa shape index (κ2) is 4.63. The molecule has 1 saturated carbocycles. The number of likely N-dealkylation sites (tertiary alicyclic amines) is 1. The SMILES string of the molecule is CN1CCC[C@@H](n2nnc3c(C4CC4)c(Cl)nnc32)C1. The Hall–Kier alpha value is -1.27. The van der Waals surface area contributed by atoms with Crippen molar-refractivity contribution in [3.8, 4) is 0 Å². The van der Waals surface area contributed by atoms with Crippen molar-refractivity contribution in [1.82, 2.24) is 30.1 Å². The molecule has 2 aliphatic rings. The van der Waals surface area contributed by atoms with E-state index in [1.165, 1.54) is 19.3 Å². The van der Waals surface area contributed by atoms with Crippen LogP contribution in [-0.4, -0.2) is 50.2 Å². The largest absolute Gasteiger partial charge is 0.304 e. The Bertz CT molecular complexity index is 650. The van der Waals surface area contributed by atoms with Crippen molar-refractivity contribution in [2.24, 2.45) is 0 Å². The molecule has 3 heterocycles. The summed E-state index contributed by atoms with van der Waals surface area (Å²) in [6, 6.07) is 0.335. The van der Waals surface area contributed by atoms with Crippen molar-refractivity contribution < 1.29 is 0 Å². The number of likely N-dealkylation sites (N-methyl/N-ethyl adjacent to an activating group) is 1. The Balaban J connectivity index is 1.79. The van der Waals surface area contributed by atoms with Crippen molar-refractivity contribution in [2.75, 3.05) is 20.1 Å². The lowest BCUT2D eigenvalue weighted by Gasteiger charge is -2.29. The van der Waals surface area contributed by atoms with Gasteiger partial charge in [0, 0.05) is 12.1 Å². The summed E-state index contributed by atoms with van der Waals surface area (Å²) in [5, 5.41) is 17.6. The lowest BCUT2D eigenvalue weighted by atomic mass is 10.1. The average molecular weight is 293 g/mol. The zero-order chi connectivity index (χ0) is 13.7. The molecule has 0 N–H and O–H groups in total. The molecule has 7 heteroatoms. The summed E-state index contributed by atoms with van der Waals surface area (Å²) in [6.45, 7) is 2.13. The highest BCUT2D eigenvalue weighted by Gasteiger charge is 2.32. The fourth-order valence-electron chi connectivity index (χ4n) is 3.12. The molecule has 1 aliphatic heterocycles. The normalized spacial score (nSPS) is 24.4. The van der Waals surface area contributed by atoms with Gasteiger partial charge in [-0.3, -0.25) is 0 Å². The van der Waals surface area contributed by atoms with Crippen molar-refractivity contribution in [3.05, 3.63) is 10.7 Å². The zero-order valence-corrected chi connectivity index (χ0v) is 12.2. The Labute approximate surface area is 122 Å². The van der Waals surface area contributed by atoms with E-state index in [1.807, 2.05) is 4.68 Å². The van der Waals surface area contributed by atoms with E-state index in [0.717, 1.165) is 36.2 Å². The molecule has 0 aromatic carbocycles. The summed E-state index contributed by atoms with van der Waals surface area (Å²) in [6.07, 6.45) is 4.63. The molecule has 0 unspecified atom stereocenters. The number of aromatic nitrogens is 5. The van der Waals surface area contributed by atoms with Gasteiger partial charge in [-0.05, 0) is 45.2 Å². The highest BCUT2D eigenvalue weighted by Crippen LogP contribution is 2.45. The molecule has 1 atom stereocenters. The zero-order valence-electron chi connectivity index (χ0n) is 11.5. The first-order chi connectivity index (χ1) is 9.74. The second-order valence-corrected chi connectivity index (χ2v) is 6.30. The molecular formula is C13H17ClN6. The second-order valence-electron chi connectivity index (χ2n) is 5.94. The van der Waals surface area contributed by atoms with Crippen LogP contribution in [0.2, 0.25) is 5.15 Å². The van der Waals surface area contributed by atoms with Gasteiger partial charge in [0.25, 0.3) is 0 Å². The molecule has 1 saturated heterocycles. The number of hydrogen-bond donors (Lipinski definition) is 0. The maximum absolute atomic E-state index is 6.20. The fourth-order valence-corrected chi connectivity index (χ4v) is 3.40. The predicted octanol–water partition coefficient (Wildman–Crippen LogP) is 2.02. The highest BCUT2D eigenvalue weighted by atomic mass is 35.5. The van der Waals surface area contributed by atoms with E-state index in [9.17, 15) is 0 Å². The van der Waals surface area contributed by atoms with E-state index in [2.05, 4.69) is 32.5 Å². The molecule has 1 aliphatic carbocycles. The maximum atomic E-state index is 6.20. The Morgan fingerprint density at radius 1 is 1.15 bits per heavy atom. The van der Waals surface area contributed by atoms with Crippen LogP contribution in [0.1, 0.15) is 43.2 Å². The summed E-state index contributed by atoms with van der Waals surface area (Å²) in [5.74, 6) is 0.500. The van der Waals surface area contributed by atoms with Crippen LogP contribution in [0.25, 0.3) is 11.2 Å². The highest BCUT2D eigenvalue weighted by molar-refractivity contribution is 6.30. The summed E-state index contributed by atoms with van der Waals surface area (Å²) >= 11 is 6.20. The number of fused-ring (bicyclic) bond motifs is 1. The molecule has 0 amide bonds. The van der Waals surface area contributed by atoms with Gasteiger partial charge in [-0.25, -0.2) is 4.68 Å². The molecule has 0 bridgehead atoms. The van der Waals surface area contributed by atoms with Crippen molar-refractivity contribution in [1.29, 1.82) is 0 Å². The van der Waals surface area contributed by atoms with Crippen molar-refractivity contribution >= 4 is 22.8 Å². The van der Waals surface area contributed by atoms with Gasteiger partial charge in [0.05, 0.1) is 6.04 Å². The van der Waals surface area contributed by atoms with Crippen molar-refractivity contribution in [2.45, 2.75) is 37.6 Å². The number of nitrogens with zero attached hydrogens (tertiary/aromatic N) is 6. The minimum Gasteiger partial charge on any atom is -0.304 e. The molecule has 4 rings (SSSR count). The van der Waals surface area contributed by atoms with Crippen LogP contribution < -0.4 is 0 Å². The van der Waals surface area contributed by atoms with Gasteiger partial charge in [-0.2, -0.15) is 0 Å². The van der Waals surface area contributed by atoms with E-state index in [4.69, 9.17) is 11.6 Å². The summed E-state index contributed by atoms with van der Waals surface area (Å²) in [4.78, 5) is 2.33. The first-order valence-corrected chi connectivity index (χ1v) is 7.57. The molecule has 2 fully saturated rings. The standard InChI is InChI=1S/C13H17ClN6/c1-19-6-2-3-9(7-19)20-13-11(15-18-20)10(8-4-5-8)12(14)16-17-13/h8-9H,2-7H2,1H3/t9-/m1/s1. The first-order valence-electron chi connectivity index (χ1n) is 7.19. The van der Waals surface area contributed by atoms with Crippen LogP contribution in [0.4, 0.5) is 0 Å². The maximum Gasteiger partial charge on any atom is 0.201 e. The molecule has 106 valence electrons. The Kier molecular flexibility index (Phi) is 2.89. The molecule has 20 heavy (non-hydrogen) atoms. The Morgan fingerprint density at radius 2 is 2.00 bits per heavy atom. The van der Waals surface area contributed by atoms with Gasteiger partial charge < -0.3 is 4.90 Å². The van der Waals surface area contributed by atoms with Crippen LogP contribution in [0.3, 0.4) is 0 Å². The average Bonchev–Trinajstić information content (AvgIpc) is 3.17. The monoisotopic (exact) mass is 292 g/mol. The summed E-state index contributed by atoms with van der Waals surface area (Å²) in [7, 11) is 2.14. The van der Waals surface area contributed by atoms with Gasteiger partial charge in [-0.1, -0.05) is 16.8 Å². The van der Waals surface area contributed by atoms with Crippen LogP contribution in [0.5, 0.6) is 0 Å². The summed E-state index contributed by atoms with van der Waals surface area (Å²) < 4.78 is 1.94. The quantitative estimate of drug-likeness (QED) is 0.847.